The highest BCUT2D eigenvalue weighted by molar-refractivity contribution is 5.30. The number of hydrogen-bond donors (Lipinski definition) is 1. The number of pyridine rings is 1. The zero-order chi connectivity index (χ0) is 12.1. The van der Waals surface area contributed by atoms with Crippen LogP contribution in [0.15, 0.2) is 41.3 Å². The first kappa shape index (κ1) is 11.7. The summed E-state index contributed by atoms with van der Waals surface area (Å²) in [6.07, 6.45) is 5.18. The summed E-state index contributed by atoms with van der Waals surface area (Å²) in [6.45, 7) is 2.91. The van der Waals surface area contributed by atoms with Crippen LogP contribution in [0.3, 0.4) is 0 Å². The second-order valence-corrected chi connectivity index (χ2v) is 3.66. The standard InChI is InChI=1S/C13H16N2O2/c1-3-15-13(12-5-4-6-17-12)10-7-11(16-2)9-14-8-10/h4-9,13,15H,3H2,1-2H3. The largest absolute Gasteiger partial charge is 0.495 e. The van der Waals surface area contributed by atoms with Crippen molar-refractivity contribution in [3.63, 3.8) is 0 Å². The number of aromatic nitrogens is 1. The number of nitrogens with zero attached hydrogens (tertiary/aromatic N) is 1. The molecule has 0 aliphatic rings. The van der Waals surface area contributed by atoms with E-state index in [-0.39, 0.29) is 6.04 Å². The molecule has 0 spiro atoms. The summed E-state index contributed by atoms with van der Waals surface area (Å²) in [7, 11) is 1.63. The highest BCUT2D eigenvalue weighted by Gasteiger charge is 2.16. The molecule has 1 unspecified atom stereocenters. The molecule has 17 heavy (non-hydrogen) atoms. The predicted molar refractivity (Wildman–Crippen MR) is 65.0 cm³/mol. The van der Waals surface area contributed by atoms with E-state index in [1.165, 1.54) is 0 Å². The van der Waals surface area contributed by atoms with Crippen LogP contribution in [0.4, 0.5) is 0 Å². The Bertz CT molecular complexity index is 454. The first-order chi connectivity index (χ1) is 8.35. The van der Waals surface area contributed by atoms with Gasteiger partial charge in [0.1, 0.15) is 11.5 Å². The van der Waals surface area contributed by atoms with Crippen molar-refractivity contribution in [3.8, 4) is 5.75 Å². The van der Waals surface area contributed by atoms with Crippen molar-refractivity contribution in [2.45, 2.75) is 13.0 Å². The number of furan rings is 1. The van der Waals surface area contributed by atoms with Crippen LogP contribution < -0.4 is 10.1 Å². The van der Waals surface area contributed by atoms with Gasteiger partial charge in [-0.05, 0) is 30.3 Å². The average Bonchev–Trinajstić information content (AvgIpc) is 2.89. The smallest absolute Gasteiger partial charge is 0.137 e. The summed E-state index contributed by atoms with van der Waals surface area (Å²) < 4.78 is 10.6. The SMILES string of the molecule is CCNC(c1cncc(OC)c1)c1ccco1. The molecule has 0 saturated carbocycles. The highest BCUT2D eigenvalue weighted by Crippen LogP contribution is 2.24. The van der Waals surface area contributed by atoms with Crippen LogP contribution in [0.25, 0.3) is 0 Å². The van der Waals surface area contributed by atoms with E-state index in [4.69, 9.17) is 9.15 Å². The zero-order valence-corrected chi connectivity index (χ0v) is 10.0. The second-order valence-electron chi connectivity index (χ2n) is 3.66. The summed E-state index contributed by atoms with van der Waals surface area (Å²) >= 11 is 0. The Kier molecular flexibility index (Phi) is 3.77. The van der Waals surface area contributed by atoms with Gasteiger partial charge in [0.25, 0.3) is 0 Å². The number of nitrogens with one attached hydrogen (secondary N) is 1. The van der Waals surface area contributed by atoms with Gasteiger partial charge in [-0.1, -0.05) is 6.92 Å². The van der Waals surface area contributed by atoms with Gasteiger partial charge in [0.15, 0.2) is 0 Å². The van der Waals surface area contributed by atoms with Gasteiger partial charge in [-0.15, -0.1) is 0 Å². The van der Waals surface area contributed by atoms with Crippen LogP contribution in [-0.4, -0.2) is 18.6 Å². The van der Waals surface area contributed by atoms with Gasteiger partial charge in [0.05, 0.1) is 25.6 Å². The average molecular weight is 232 g/mol. The molecule has 0 radical (unpaired) electrons. The molecule has 0 aromatic carbocycles. The Morgan fingerprint density at radius 3 is 3.00 bits per heavy atom. The van der Waals surface area contributed by atoms with Gasteiger partial charge in [0.2, 0.25) is 0 Å². The number of rotatable bonds is 5. The molecule has 0 saturated heterocycles. The normalized spacial score (nSPS) is 12.4. The molecule has 0 aliphatic carbocycles. The highest BCUT2D eigenvalue weighted by atomic mass is 16.5. The zero-order valence-electron chi connectivity index (χ0n) is 10.0. The van der Waals surface area contributed by atoms with Crippen molar-refractivity contribution in [3.05, 3.63) is 48.2 Å². The third-order valence-corrected chi connectivity index (χ3v) is 2.54. The Morgan fingerprint density at radius 1 is 1.47 bits per heavy atom. The van der Waals surface area contributed by atoms with Gasteiger partial charge in [-0.25, -0.2) is 0 Å². The Hall–Kier alpha value is -1.81. The third-order valence-electron chi connectivity index (χ3n) is 2.54. The number of ether oxygens (including phenoxy) is 1. The molecule has 90 valence electrons. The van der Waals surface area contributed by atoms with Crippen molar-refractivity contribution in [1.29, 1.82) is 0 Å². The van der Waals surface area contributed by atoms with Crippen LogP contribution in [0, 0.1) is 0 Å². The maximum Gasteiger partial charge on any atom is 0.137 e. The molecule has 2 aromatic rings. The van der Waals surface area contributed by atoms with E-state index in [2.05, 4.69) is 17.2 Å². The lowest BCUT2D eigenvalue weighted by Crippen LogP contribution is -2.21. The van der Waals surface area contributed by atoms with Crippen LogP contribution in [0.2, 0.25) is 0 Å². The summed E-state index contributed by atoms with van der Waals surface area (Å²) in [6, 6.07) is 5.81. The Morgan fingerprint density at radius 2 is 2.35 bits per heavy atom. The summed E-state index contributed by atoms with van der Waals surface area (Å²) in [5.41, 5.74) is 1.03. The molecule has 4 heteroatoms. The summed E-state index contributed by atoms with van der Waals surface area (Å²) in [4.78, 5) is 4.16. The van der Waals surface area contributed by atoms with E-state index >= 15 is 0 Å². The predicted octanol–water partition coefficient (Wildman–Crippen LogP) is 2.38. The lowest BCUT2D eigenvalue weighted by molar-refractivity contribution is 0.409. The van der Waals surface area contributed by atoms with Crippen molar-refractivity contribution < 1.29 is 9.15 Å². The molecular formula is C13H16N2O2. The van der Waals surface area contributed by atoms with Crippen molar-refractivity contribution in [1.82, 2.24) is 10.3 Å². The Labute approximate surface area is 101 Å². The fraction of sp³-hybridized carbons (Fsp3) is 0.308. The van der Waals surface area contributed by atoms with Crippen LogP contribution in [0.5, 0.6) is 5.75 Å². The topological polar surface area (TPSA) is 47.3 Å². The van der Waals surface area contributed by atoms with Crippen molar-refractivity contribution >= 4 is 0 Å². The molecule has 2 aromatic heterocycles. The maximum atomic E-state index is 5.45. The molecule has 0 bridgehead atoms. The molecular weight excluding hydrogens is 216 g/mol. The minimum atomic E-state index is 0.0117. The van der Waals surface area contributed by atoms with Gasteiger partial charge >= 0.3 is 0 Å². The molecule has 0 amide bonds. The van der Waals surface area contributed by atoms with Crippen molar-refractivity contribution in [2.24, 2.45) is 0 Å². The second kappa shape index (κ2) is 5.50. The van der Waals surface area contributed by atoms with Crippen LogP contribution in [-0.2, 0) is 0 Å². The minimum absolute atomic E-state index is 0.0117. The van der Waals surface area contributed by atoms with E-state index < -0.39 is 0 Å². The molecule has 1 atom stereocenters. The summed E-state index contributed by atoms with van der Waals surface area (Å²) in [5, 5.41) is 3.36. The minimum Gasteiger partial charge on any atom is -0.495 e. The van der Waals surface area contributed by atoms with E-state index in [1.54, 1.807) is 19.6 Å². The maximum absolute atomic E-state index is 5.45. The summed E-state index contributed by atoms with van der Waals surface area (Å²) in [5.74, 6) is 1.62. The lowest BCUT2D eigenvalue weighted by Gasteiger charge is -2.16. The molecule has 0 aliphatic heterocycles. The van der Waals surface area contributed by atoms with Gasteiger partial charge in [-0.2, -0.15) is 0 Å². The fourth-order valence-corrected chi connectivity index (χ4v) is 1.75. The fourth-order valence-electron chi connectivity index (χ4n) is 1.75. The van der Waals surface area contributed by atoms with Gasteiger partial charge in [-0.3, -0.25) is 4.98 Å². The molecule has 2 rings (SSSR count). The number of methoxy groups -OCH3 is 1. The molecule has 0 fully saturated rings. The number of hydrogen-bond acceptors (Lipinski definition) is 4. The Balaban J connectivity index is 2.32. The lowest BCUT2D eigenvalue weighted by atomic mass is 10.1. The molecule has 1 N–H and O–H groups in total. The quantitative estimate of drug-likeness (QED) is 0.859. The van der Waals surface area contributed by atoms with Gasteiger partial charge < -0.3 is 14.5 Å². The van der Waals surface area contributed by atoms with Gasteiger partial charge in [0, 0.05) is 6.20 Å². The first-order valence-electron chi connectivity index (χ1n) is 5.61. The van der Waals surface area contributed by atoms with E-state index in [0.717, 1.165) is 23.6 Å². The van der Waals surface area contributed by atoms with E-state index in [0.29, 0.717) is 0 Å². The van der Waals surface area contributed by atoms with Crippen LogP contribution in [0.1, 0.15) is 24.3 Å². The van der Waals surface area contributed by atoms with E-state index in [1.807, 2.05) is 24.4 Å². The van der Waals surface area contributed by atoms with E-state index in [9.17, 15) is 0 Å². The molecule has 4 nitrogen and oxygen atoms in total. The molecule has 2 heterocycles. The van der Waals surface area contributed by atoms with Crippen LogP contribution >= 0.6 is 0 Å². The monoisotopic (exact) mass is 232 g/mol. The first-order valence-corrected chi connectivity index (χ1v) is 5.61. The van der Waals surface area contributed by atoms with Crippen molar-refractivity contribution in [2.75, 3.05) is 13.7 Å². The third kappa shape index (κ3) is 2.65.